The molecule has 18 heavy (non-hydrogen) atoms. The van der Waals surface area contributed by atoms with Gasteiger partial charge in [-0.3, -0.25) is 0 Å². The molecular formula is C12H20N2O3S. The van der Waals surface area contributed by atoms with Crippen LogP contribution in [0.5, 0.6) is 5.88 Å². The molecule has 0 unspecified atom stereocenters. The molecule has 6 heteroatoms. The van der Waals surface area contributed by atoms with Gasteiger partial charge >= 0.3 is 0 Å². The van der Waals surface area contributed by atoms with Crippen molar-refractivity contribution in [3.05, 3.63) is 18.3 Å². The number of sulfonamides is 1. The highest BCUT2D eigenvalue weighted by atomic mass is 32.2. The summed E-state index contributed by atoms with van der Waals surface area (Å²) < 4.78 is 31.3. The van der Waals surface area contributed by atoms with Gasteiger partial charge in [-0.05, 0) is 33.8 Å². The number of nitrogens with zero attached hydrogens (tertiary/aromatic N) is 2. The Morgan fingerprint density at radius 1 is 1.17 bits per heavy atom. The van der Waals surface area contributed by atoms with Gasteiger partial charge in [-0.1, -0.05) is 0 Å². The van der Waals surface area contributed by atoms with Crippen molar-refractivity contribution in [2.75, 3.05) is 7.11 Å². The highest BCUT2D eigenvalue weighted by Gasteiger charge is 2.29. The molecule has 0 spiro atoms. The zero-order valence-corrected chi connectivity index (χ0v) is 12.2. The summed E-state index contributed by atoms with van der Waals surface area (Å²) in [5.74, 6) is 0.398. The van der Waals surface area contributed by atoms with Gasteiger partial charge in [0.05, 0.1) is 13.3 Å². The largest absolute Gasteiger partial charge is 0.481 e. The van der Waals surface area contributed by atoms with Crippen LogP contribution >= 0.6 is 0 Å². The van der Waals surface area contributed by atoms with Crippen LogP contribution in [0.2, 0.25) is 0 Å². The molecule has 0 saturated heterocycles. The molecule has 0 saturated carbocycles. The number of pyridine rings is 1. The van der Waals surface area contributed by atoms with Crippen LogP contribution in [0.4, 0.5) is 0 Å². The number of rotatable bonds is 5. The average Bonchev–Trinajstić information content (AvgIpc) is 2.27. The van der Waals surface area contributed by atoms with Crippen LogP contribution in [0.25, 0.3) is 0 Å². The lowest BCUT2D eigenvalue weighted by atomic mass is 10.3. The standard InChI is InChI=1S/C12H20N2O3S/c1-9(2)14(10(3)4)18(15,16)11-6-7-12(17-5)13-8-11/h6-10H,1-5H3. The Labute approximate surface area is 109 Å². The summed E-state index contributed by atoms with van der Waals surface area (Å²) in [5, 5.41) is 0. The lowest BCUT2D eigenvalue weighted by molar-refractivity contribution is 0.302. The predicted molar refractivity (Wildman–Crippen MR) is 70.1 cm³/mol. The van der Waals surface area contributed by atoms with Crippen LogP contribution in [0.3, 0.4) is 0 Å². The number of methoxy groups -OCH3 is 1. The first-order chi connectivity index (χ1) is 8.30. The van der Waals surface area contributed by atoms with Gasteiger partial charge in [-0.25, -0.2) is 13.4 Å². The molecule has 1 heterocycles. The van der Waals surface area contributed by atoms with Crippen molar-refractivity contribution in [1.82, 2.24) is 9.29 Å². The lowest BCUT2D eigenvalue weighted by Crippen LogP contribution is -2.41. The molecule has 102 valence electrons. The first-order valence-electron chi connectivity index (χ1n) is 5.84. The second-order valence-corrected chi connectivity index (χ2v) is 6.40. The van der Waals surface area contributed by atoms with Crippen molar-refractivity contribution in [2.24, 2.45) is 0 Å². The number of ether oxygens (including phenoxy) is 1. The van der Waals surface area contributed by atoms with Crippen LogP contribution in [0, 0.1) is 0 Å². The van der Waals surface area contributed by atoms with E-state index < -0.39 is 10.0 Å². The SMILES string of the molecule is COc1ccc(S(=O)(=O)N(C(C)C)C(C)C)cn1. The third-order valence-corrected chi connectivity index (χ3v) is 4.75. The average molecular weight is 272 g/mol. The molecule has 5 nitrogen and oxygen atoms in total. The van der Waals surface area contributed by atoms with Crippen molar-refractivity contribution in [3.8, 4) is 5.88 Å². The van der Waals surface area contributed by atoms with Gasteiger partial charge in [0, 0.05) is 18.2 Å². The highest BCUT2D eigenvalue weighted by Crippen LogP contribution is 2.21. The Hall–Kier alpha value is -1.14. The monoisotopic (exact) mass is 272 g/mol. The molecule has 0 radical (unpaired) electrons. The molecule has 0 atom stereocenters. The third-order valence-electron chi connectivity index (χ3n) is 2.51. The van der Waals surface area contributed by atoms with E-state index in [1.165, 1.54) is 23.7 Å². The topological polar surface area (TPSA) is 59.5 Å². The third kappa shape index (κ3) is 3.00. The van der Waals surface area contributed by atoms with E-state index in [9.17, 15) is 8.42 Å². The number of aromatic nitrogens is 1. The minimum absolute atomic E-state index is 0.0999. The second kappa shape index (κ2) is 5.67. The van der Waals surface area contributed by atoms with E-state index in [1.807, 2.05) is 27.7 Å². The van der Waals surface area contributed by atoms with E-state index in [0.29, 0.717) is 5.88 Å². The van der Waals surface area contributed by atoms with Crippen molar-refractivity contribution in [3.63, 3.8) is 0 Å². The van der Waals surface area contributed by atoms with E-state index in [4.69, 9.17) is 4.74 Å². The lowest BCUT2D eigenvalue weighted by Gasteiger charge is -2.29. The van der Waals surface area contributed by atoms with Crippen molar-refractivity contribution in [2.45, 2.75) is 44.7 Å². The van der Waals surface area contributed by atoms with Crippen LogP contribution < -0.4 is 4.74 Å². The minimum atomic E-state index is -3.51. The maximum absolute atomic E-state index is 12.5. The number of hydrogen-bond acceptors (Lipinski definition) is 4. The molecule has 1 rings (SSSR count). The number of hydrogen-bond donors (Lipinski definition) is 0. The van der Waals surface area contributed by atoms with Crippen LogP contribution in [0.1, 0.15) is 27.7 Å². The van der Waals surface area contributed by atoms with E-state index in [2.05, 4.69) is 4.98 Å². The molecule has 0 aliphatic heterocycles. The van der Waals surface area contributed by atoms with Gasteiger partial charge in [0.1, 0.15) is 4.90 Å². The molecule has 1 aromatic heterocycles. The van der Waals surface area contributed by atoms with Gasteiger partial charge in [0.2, 0.25) is 15.9 Å². The summed E-state index contributed by atoms with van der Waals surface area (Å²) >= 11 is 0. The van der Waals surface area contributed by atoms with E-state index in [1.54, 1.807) is 6.07 Å². The summed E-state index contributed by atoms with van der Waals surface area (Å²) in [7, 11) is -2.02. The fraction of sp³-hybridized carbons (Fsp3) is 0.583. The first-order valence-corrected chi connectivity index (χ1v) is 7.28. The zero-order valence-electron chi connectivity index (χ0n) is 11.4. The molecule has 0 bridgehead atoms. The Kier molecular flexibility index (Phi) is 4.70. The minimum Gasteiger partial charge on any atom is -0.481 e. The quantitative estimate of drug-likeness (QED) is 0.821. The zero-order chi connectivity index (χ0) is 13.9. The smallest absolute Gasteiger partial charge is 0.245 e. The Morgan fingerprint density at radius 2 is 1.72 bits per heavy atom. The molecular weight excluding hydrogens is 252 g/mol. The van der Waals surface area contributed by atoms with Gasteiger partial charge in [0.15, 0.2) is 0 Å². The van der Waals surface area contributed by atoms with Gasteiger partial charge in [-0.15, -0.1) is 0 Å². The Balaban J connectivity index is 3.18. The van der Waals surface area contributed by atoms with Gasteiger partial charge in [0.25, 0.3) is 0 Å². The summed E-state index contributed by atoms with van der Waals surface area (Å²) in [6, 6.07) is 2.86. The van der Waals surface area contributed by atoms with Crippen molar-refractivity contribution in [1.29, 1.82) is 0 Å². The first kappa shape index (κ1) is 14.9. The molecule has 0 aliphatic carbocycles. The molecule has 0 aliphatic rings. The summed E-state index contributed by atoms with van der Waals surface area (Å²) in [6.45, 7) is 7.42. The molecule has 0 N–H and O–H groups in total. The second-order valence-electron chi connectivity index (χ2n) is 4.56. The van der Waals surface area contributed by atoms with Crippen molar-refractivity contribution >= 4 is 10.0 Å². The fourth-order valence-electron chi connectivity index (χ4n) is 1.91. The Bertz CT molecular complexity index is 473. The maximum Gasteiger partial charge on any atom is 0.245 e. The highest BCUT2D eigenvalue weighted by molar-refractivity contribution is 7.89. The fourth-order valence-corrected chi connectivity index (χ4v) is 3.69. The van der Waals surface area contributed by atoms with E-state index >= 15 is 0 Å². The summed E-state index contributed by atoms with van der Waals surface area (Å²) in [4.78, 5) is 4.12. The normalized spacial score (nSPS) is 12.4. The van der Waals surface area contributed by atoms with E-state index in [0.717, 1.165) is 0 Å². The Morgan fingerprint density at radius 3 is 2.06 bits per heavy atom. The van der Waals surface area contributed by atoms with Crippen LogP contribution in [-0.2, 0) is 10.0 Å². The van der Waals surface area contributed by atoms with E-state index in [-0.39, 0.29) is 17.0 Å². The predicted octanol–water partition coefficient (Wildman–Crippen LogP) is 1.90. The van der Waals surface area contributed by atoms with Gasteiger partial charge in [-0.2, -0.15) is 4.31 Å². The molecule has 1 aromatic rings. The van der Waals surface area contributed by atoms with Crippen molar-refractivity contribution < 1.29 is 13.2 Å². The maximum atomic E-state index is 12.5. The molecule has 0 fully saturated rings. The van der Waals surface area contributed by atoms with Gasteiger partial charge < -0.3 is 4.74 Å². The van der Waals surface area contributed by atoms with Crippen LogP contribution in [-0.4, -0.2) is 36.9 Å². The summed E-state index contributed by atoms with van der Waals surface area (Å²) in [6.07, 6.45) is 1.33. The van der Waals surface area contributed by atoms with Crippen LogP contribution in [0.15, 0.2) is 23.2 Å². The molecule has 0 aromatic carbocycles. The summed E-state index contributed by atoms with van der Waals surface area (Å²) in [5.41, 5.74) is 0. The molecule has 0 amide bonds.